The molecule has 3 rings (SSSR count). The lowest BCUT2D eigenvalue weighted by Gasteiger charge is -2.50. The van der Waals surface area contributed by atoms with Gasteiger partial charge >= 0.3 is 6.03 Å². The Kier molecular flexibility index (Phi) is 5.63. The van der Waals surface area contributed by atoms with E-state index < -0.39 is 5.60 Å². The number of urea groups is 1. The number of hydrogen-bond acceptors (Lipinski definition) is 3. The third kappa shape index (κ3) is 4.24. The van der Waals surface area contributed by atoms with E-state index in [1.807, 2.05) is 11.0 Å². The molecule has 0 unspecified atom stereocenters. The molecular formula is C20H28FN3O2. The first-order valence-electron chi connectivity index (χ1n) is 9.20. The molecule has 0 aliphatic carbocycles. The minimum absolute atomic E-state index is 0.0142. The monoisotopic (exact) mass is 361 g/mol. The molecule has 1 N–H and O–H groups in total. The van der Waals surface area contributed by atoms with Gasteiger partial charge in [0.1, 0.15) is 5.82 Å². The fraction of sp³-hybridized carbons (Fsp3) is 0.550. The lowest BCUT2D eigenvalue weighted by atomic mass is 9.75. The fourth-order valence-corrected chi connectivity index (χ4v) is 3.91. The van der Waals surface area contributed by atoms with Crippen molar-refractivity contribution in [3.8, 4) is 0 Å². The number of hydrogen-bond donors (Lipinski definition) is 1. The Morgan fingerprint density at radius 1 is 1.27 bits per heavy atom. The zero-order chi connectivity index (χ0) is 18.7. The van der Waals surface area contributed by atoms with Crippen molar-refractivity contribution in [3.63, 3.8) is 0 Å². The Morgan fingerprint density at radius 2 is 1.96 bits per heavy atom. The van der Waals surface area contributed by atoms with E-state index >= 15 is 0 Å². The number of aliphatic hydroxyl groups is 1. The lowest BCUT2D eigenvalue weighted by molar-refractivity contribution is -0.105. The number of likely N-dealkylation sites (tertiary alicyclic amines) is 2. The minimum Gasteiger partial charge on any atom is -0.389 e. The van der Waals surface area contributed by atoms with Gasteiger partial charge in [-0.15, -0.1) is 0 Å². The Hall–Kier alpha value is -1.92. The molecule has 0 radical (unpaired) electrons. The van der Waals surface area contributed by atoms with Gasteiger partial charge in [0, 0.05) is 52.7 Å². The molecule has 2 heterocycles. The maximum Gasteiger partial charge on any atom is 0.319 e. The number of rotatable bonds is 3. The van der Waals surface area contributed by atoms with Crippen LogP contribution in [0.25, 0.3) is 6.08 Å². The Balaban J connectivity index is 1.57. The second kappa shape index (κ2) is 7.76. The number of nitrogens with zero attached hydrogens (tertiary/aromatic N) is 3. The number of amides is 2. The first-order chi connectivity index (χ1) is 12.4. The summed E-state index contributed by atoms with van der Waals surface area (Å²) in [6.45, 7) is 3.63. The van der Waals surface area contributed by atoms with Gasteiger partial charge in [-0.2, -0.15) is 0 Å². The van der Waals surface area contributed by atoms with E-state index in [4.69, 9.17) is 0 Å². The highest BCUT2D eigenvalue weighted by Gasteiger charge is 2.45. The number of carbonyl (C=O) groups excluding carboxylic acids is 1. The molecule has 2 aliphatic rings. The smallest absolute Gasteiger partial charge is 0.319 e. The average Bonchev–Trinajstić information content (AvgIpc) is 2.62. The van der Waals surface area contributed by atoms with Crippen LogP contribution in [0.2, 0.25) is 0 Å². The van der Waals surface area contributed by atoms with Crippen molar-refractivity contribution in [1.82, 2.24) is 14.7 Å². The molecule has 0 aromatic heterocycles. The summed E-state index contributed by atoms with van der Waals surface area (Å²) < 4.78 is 12.9. The van der Waals surface area contributed by atoms with E-state index in [0.29, 0.717) is 19.5 Å². The normalized spacial score (nSPS) is 26.8. The van der Waals surface area contributed by atoms with Crippen molar-refractivity contribution in [2.45, 2.75) is 18.4 Å². The highest BCUT2D eigenvalue weighted by Crippen LogP contribution is 2.35. The summed E-state index contributed by atoms with van der Waals surface area (Å²) >= 11 is 0. The molecular weight excluding hydrogens is 333 g/mol. The number of carbonyl (C=O) groups is 1. The molecule has 5 nitrogen and oxygen atoms in total. The highest BCUT2D eigenvalue weighted by atomic mass is 19.1. The predicted octanol–water partition coefficient (Wildman–Crippen LogP) is 2.28. The zero-order valence-electron chi connectivity index (χ0n) is 15.6. The summed E-state index contributed by atoms with van der Waals surface area (Å²) in [6, 6.07) is 6.44. The molecule has 2 fully saturated rings. The molecule has 26 heavy (non-hydrogen) atoms. The van der Waals surface area contributed by atoms with Crippen LogP contribution in [0, 0.1) is 11.7 Å². The van der Waals surface area contributed by atoms with Crippen LogP contribution in [0.4, 0.5) is 9.18 Å². The number of benzene rings is 1. The van der Waals surface area contributed by atoms with Crippen molar-refractivity contribution in [2.24, 2.45) is 5.92 Å². The van der Waals surface area contributed by atoms with Gasteiger partial charge in [-0.1, -0.05) is 24.3 Å². The third-order valence-electron chi connectivity index (χ3n) is 5.55. The molecule has 6 heteroatoms. The average molecular weight is 361 g/mol. The predicted molar refractivity (Wildman–Crippen MR) is 100 cm³/mol. The van der Waals surface area contributed by atoms with E-state index in [9.17, 15) is 14.3 Å². The van der Waals surface area contributed by atoms with Gasteiger partial charge in [0.05, 0.1) is 5.60 Å². The van der Waals surface area contributed by atoms with Gasteiger partial charge in [0.25, 0.3) is 0 Å². The van der Waals surface area contributed by atoms with E-state index in [2.05, 4.69) is 11.0 Å². The topological polar surface area (TPSA) is 47.0 Å². The van der Waals surface area contributed by atoms with Gasteiger partial charge in [0.15, 0.2) is 0 Å². The number of fused-ring (bicyclic) bond motifs is 1. The van der Waals surface area contributed by atoms with Crippen LogP contribution in [-0.2, 0) is 0 Å². The van der Waals surface area contributed by atoms with E-state index in [-0.39, 0.29) is 17.8 Å². The molecule has 1 aromatic rings. The molecule has 1 aromatic carbocycles. The standard InChI is InChI=1S/C20H28FN3O2/c1-22(2)19(25)24-13-10-20(26)9-12-23(14-17(20)15-24)11-3-4-16-5-7-18(21)8-6-16/h3-8,17,26H,9-15H2,1-2H3/b4-3+/t17-,20-/m1/s1. The van der Waals surface area contributed by atoms with Crippen molar-refractivity contribution in [1.29, 1.82) is 0 Å². The summed E-state index contributed by atoms with van der Waals surface area (Å²) in [4.78, 5) is 18.0. The van der Waals surface area contributed by atoms with Crippen LogP contribution in [0.1, 0.15) is 18.4 Å². The van der Waals surface area contributed by atoms with Crippen molar-refractivity contribution >= 4 is 12.1 Å². The molecule has 142 valence electrons. The Labute approximate surface area is 154 Å². The maximum absolute atomic E-state index is 12.9. The van der Waals surface area contributed by atoms with Gasteiger partial charge in [-0.25, -0.2) is 9.18 Å². The Bertz CT molecular complexity index is 662. The summed E-state index contributed by atoms with van der Waals surface area (Å²) in [5.74, 6) is -0.153. The van der Waals surface area contributed by atoms with Crippen LogP contribution in [-0.4, -0.2) is 78.3 Å². The van der Waals surface area contributed by atoms with Crippen LogP contribution >= 0.6 is 0 Å². The van der Waals surface area contributed by atoms with Crippen LogP contribution in [0.5, 0.6) is 0 Å². The molecule has 0 bridgehead atoms. The number of halogens is 1. The SMILES string of the molecule is CN(C)C(=O)N1CC[C@]2(O)CCN(C/C=C/c3ccc(F)cc3)C[C@@H]2C1. The zero-order valence-corrected chi connectivity index (χ0v) is 15.6. The first-order valence-corrected chi connectivity index (χ1v) is 9.20. The summed E-state index contributed by atoms with van der Waals surface area (Å²) in [5, 5.41) is 10.9. The quantitative estimate of drug-likeness (QED) is 0.899. The molecule has 2 aliphatic heterocycles. The van der Waals surface area contributed by atoms with E-state index in [1.54, 1.807) is 31.1 Å². The van der Waals surface area contributed by atoms with Crippen molar-refractivity contribution in [3.05, 3.63) is 41.7 Å². The first kappa shape index (κ1) is 18.9. The largest absolute Gasteiger partial charge is 0.389 e. The van der Waals surface area contributed by atoms with Gasteiger partial charge < -0.3 is 14.9 Å². The molecule has 2 amide bonds. The minimum atomic E-state index is -0.653. The van der Waals surface area contributed by atoms with Gasteiger partial charge in [-0.05, 0) is 30.5 Å². The molecule has 2 saturated heterocycles. The summed E-state index contributed by atoms with van der Waals surface area (Å²) in [5.41, 5.74) is 0.320. The van der Waals surface area contributed by atoms with Crippen LogP contribution < -0.4 is 0 Å². The van der Waals surface area contributed by atoms with Crippen LogP contribution in [0.3, 0.4) is 0 Å². The Morgan fingerprint density at radius 3 is 2.65 bits per heavy atom. The van der Waals surface area contributed by atoms with Gasteiger partial charge in [-0.3, -0.25) is 4.90 Å². The lowest BCUT2D eigenvalue weighted by Crippen LogP contribution is -2.61. The van der Waals surface area contributed by atoms with Crippen molar-refractivity contribution < 1.29 is 14.3 Å². The molecule has 0 spiro atoms. The second-order valence-electron chi connectivity index (χ2n) is 7.64. The summed E-state index contributed by atoms with van der Waals surface area (Å²) in [7, 11) is 3.52. The van der Waals surface area contributed by atoms with Crippen molar-refractivity contribution in [2.75, 3.05) is 46.8 Å². The van der Waals surface area contributed by atoms with E-state index in [0.717, 1.165) is 31.6 Å². The third-order valence-corrected chi connectivity index (χ3v) is 5.55. The summed E-state index contributed by atoms with van der Waals surface area (Å²) in [6.07, 6.45) is 5.45. The van der Waals surface area contributed by atoms with Gasteiger partial charge in [0.2, 0.25) is 0 Å². The second-order valence-corrected chi connectivity index (χ2v) is 7.64. The van der Waals surface area contributed by atoms with Crippen LogP contribution in [0.15, 0.2) is 30.3 Å². The molecule has 2 atom stereocenters. The van der Waals surface area contributed by atoms with E-state index in [1.165, 1.54) is 12.1 Å². The number of piperidine rings is 2. The fourth-order valence-electron chi connectivity index (χ4n) is 3.91. The maximum atomic E-state index is 12.9. The highest BCUT2D eigenvalue weighted by molar-refractivity contribution is 5.74. The molecule has 0 saturated carbocycles.